The summed E-state index contributed by atoms with van der Waals surface area (Å²) in [7, 11) is -5.32. The van der Waals surface area contributed by atoms with Crippen LogP contribution in [0.25, 0.3) is 0 Å². The van der Waals surface area contributed by atoms with Crippen LogP contribution < -0.4 is 15.3 Å². The van der Waals surface area contributed by atoms with E-state index in [9.17, 15) is 19.1 Å². The quantitative estimate of drug-likeness (QED) is 0.178. The maximum Gasteiger partial charge on any atom is 0.274 e. The van der Waals surface area contributed by atoms with Crippen LogP contribution in [0.2, 0.25) is 0 Å². The third kappa shape index (κ3) is 5.49. The Morgan fingerprint density at radius 1 is 1.38 bits per heavy atom. The van der Waals surface area contributed by atoms with Crippen molar-refractivity contribution in [2.75, 3.05) is 6.61 Å². The number of carbonyl (C=O) groups excluding carboxylic acids is 1. The molecule has 0 saturated heterocycles. The van der Waals surface area contributed by atoms with Gasteiger partial charge in [-0.2, -0.15) is 0 Å². The van der Waals surface area contributed by atoms with E-state index in [1.807, 2.05) is 0 Å². The minimum atomic E-state index is -5.32. The summed E-state index contributed by atoms with van der Waals surface area (Å²) in [5.41, 5.74) is 0.994. The van der Waals surface area contributed by atoms with Gasteiger partial charge in [-0.05, 0) is 0 Å². The minimum absolute atomic E-state index is 0.994. The van der Waals surface area contributed by atoms with Crippen molar-refractivity contribution in [1.29, 1.82) is 0 Å². The summed E-state index contributed by atoms with van der Waals surface area (Å²) in [6, 6.07) is 0. The number of amides is 1. The first-order valence-corrected chi connectivity index (χ1v) is 5.30. The number of hydrogen-bond acceptors (Lipinski definition) is 9. The van der Waals surface area contributed by atoms with Crippen LogP contribution in [0.1, 0.15) is 0 Å². The van der Waals surface area contributed by atoms with Crippen molar-refractivity contribution in [1.82, 2.24) is 5.48 Å². The van der Waals surface area contributed by atoms with Crippen LogP contribution in [0, 0.1) is 0 Å². The first kappa shape index (κ1) is 15.4. The predicted octanol–water partition coefficient (Wildman–Crippen LogP) is -4.58. The molecule has 0 aliphatic carbocycles. The third-order valence-electron chi connectivity index (χ3n) is 1.50. The number of hydrogen-bond donors (Lipinski definition) is 5. The van der Waals surface area contributed by atoms with Crippen molar-refractivity contribution in [2.24, 2.45) is 0 Å². The van der Waals surface area contributed by atoms with E-state index in [4.69, 9.17) is 20.5 Å². The zero-order valence-corrected chi connectivity index (χ0v) is 8.61. The number of carbonyl (C=O) groups is 1. The predicted molar refractivity (Wildman–Crippen MR) is 41.5 cm³/mol. The van der Waals surface area contributed by atoms with Gasteiger partial charge in [-0.1, -0.05) is 0 Å². The lowest BCUT2D eigenvalue weighted by Gasteiger charge is -2.31. The highest BCUT2D eigenvalue weighted by atomic mass is 31.2. The normalized spacial score (nSPS) is 17.6. The molecule has 0 aromatic rings. The SMILES string of the molecule is O=C(NO)C(O)C(O)C(O)COP(=O)([O-])[O-]. The third-order valence-corrected chi connectivity index (χ3v) is 1.97. The van der Waals surface area contributed by atoms with E-state index in [1.54, 1.807) is 0 Å². The van der Waals surface area contributed by atoms with Gasteiger partial charge in [0.2, 0.25) is 0 Å². The molecule has 0 heterocycles. The van der Waals surface area contributed by atoms with Crippen LogP contribution in [0.4, 0.5) is 0 Å². The lowest BCUT2D eigenvalue weighted by molar-refractivity contribution is -0.343. The van der Waals surface area contributed by atoms with Crippen molar-refractivity contribution in [3.8, 4) is 0 Å². The van der Waals surface area contributed by atoms with E-state index in [-0.39, 0.29) is 0 Å². The standard InChI is InChI=1S/C5H12NO9P/c7-2(1-15-16(12,13)14)3(8)4(9)5(10)6-11/h2-4,7-9,11H,1H2,(H,6,10)(H2,12,13,14)/p-2. The van der Waals surface area contributed by atoms with Crippen LogP contribution in [0.5, 0.6) is 0 Å². The van der Waals surface area contributed by atoms with Gasteiger partial charge in [0, 0.05) is 0 Å². The second-order valence-electron chi connectivity index (χ2n) is 2.72. The molecule has 0 bridgehead atoms. The molecule has 0 aliphatic rings. The Morgan fingerprint density at radius 3 is 2.25 bits per heavy atom. The van der Waals surface area contributed by atoms with Crippen LogP contribution >= 0.6 is 7.82 Å². The molecule has 1 amide bonds. The number of hydroxylamine groups is 1. The fourth-order valence-electron chi connectivity index (χ4n) is 0.698. The molecular formula is C5H10NO9P-2. The molecule has 0 radical (unpaired) electrons. The monoisotopic (exact) mass is 259 g/mol. The topological polar surface area (TPSA) is 182 Å². The maximum atomic E-state index is 10.6. The van der Waals surface area contributed by atoms with Crippen molar-refractivity contribution in [3.05, 3.63) is 0 Å². The van der Waals surface area contributed by atoms with Gasteiger partial charge < -0.3 is 34.2 Å². The molecule has 5 N–H and O–H groups in total. The summed E-state index contributed by atoms with van der Waals surface area (Å²) < 4.78 is 13.6. The van der Waals surface area contributed by atoms with E-state index in [0.717, 1.165) is 5.48 Å². The fraction of sp³-hybridized carbons (Fsp3) is 0.800. The second kappa shape index (κ2) is 6.23. The smallest absolute Gasteiger partial charge is 0.274 e. The maximum absolute atomic E-state index is 10.6. The molecule has 0 aromatic carbocycles. The van der Waals surface area contributed by atoms with Crippen molar-refractivity contribution in [2.45, 2.75) is 18.3 Å². The average molecular weight is 259 g/mol. The van der Waals surface area contributed by atoms with E-state index >= 15 is 0 Å². The average Bonchev–Trinajstić information content (AvgIpc) is 2.21. The number of rotatable bonds is 6. The Kier molecular flexibility index (Phi) is 6.00. The Bertz CT molecular complexity index is 277. The molecule has 3 unspecified atom stereocenters. The molecule has 16 heavy (non-hydrogen) atoms. The Morgan fingerprint density at radius 2 is 1.88 bits per heavy atom. The summed E-state index contributed by atoms with van der Waals surface area (Å²) in [4.78, 5) is 30.5. The summed E-state index contributed by atoms with van der Waals surface area (Å²) in [5.74, 6) is -1.42. The summed E-state index contributed by atoms with van der Waals surface area (Å²) >= 11 is 0. The summed E-state index contributed by atoms with van der Waals surface area (Å²) in [6.45, 7) is -1.12. The Hall–Kier alpha value is -0.580. The molecule has 0 aliphatic heterocycles. The summed E-state index contributed by atoms with van der Waals surface area (Å²) in [5, 5.41) is 35.0. The van der Waals surface area contributed by atoms with Gasteiger partial charge in [-0.25, -0.2) is 5.48 Å². The van der Waals surface area contributed by atoms with Crippen molar-refractivity contribution >= 4 is 13.7 Å². The molecule has 10 nitrogen and oxygen atoms in total. The minimum Gasteiger partial charge on any atom is -0.790 e. The van der Waals surface area contributed by atoms with Crippen LogP contribution in [-0.2, 0) is 13.9 Å². The fourth-order valence-corrected chi connectivity index (χ4v) is 1.03. The Balaban J connectivity index is 4.23. The van der Waals surface area contributed by atoms with Gasteiger partial charge in [0.1, 0.15) is 12.2 Å². The van der Waals surface area contributed by atoms with Gasteiger partial charge in [0.05, 0.1) is 14.4 Å². The molecule has 0 spiro atoms. The zero-order valence-electron chi connectivity index (χ0n) is 7.72. The lowest BCUT2D eigenvalue weighted by Crippen LogP contribution is -2.48. The highest BCUT2D eigenvalue weighted by molar-refractivity contribution is 7.43. The molecule has 96 valence electrons. The van der Waals surface area contributed by atoms with Crippen molar-refractivity contribution < 1.29 is 44.2 Å². The second-order valence-corrected chi connectivity index (χ2v) is 3.87. The number of phosphoric ester groups is 1. The number of nitrogens with one attached hydrogen (secondary N) is 1. The molecule has 0 saturated carbocycles. The number of phosphoric acid groups is 1. The van der Waals surface area contributed by atoms with E-state index in [2.05, 4.69) is 4.52 Å². The molecule has 3 atom stereocenters. The van der Waals surface area contributed by atoms with Crippen LogP contribution in [0.3, 0.4) is 0 Å². The van der Waals surface area contributed by atoms with Gasteiger partial charge >= 0.3 is 0 Å². The van der Waals surface area contributed by atoms with E-state index < -0.39 is 38.6 Å². The van der Waals surface area contributed by atoms with Gasteiger partial charge in [-0.3, -0.25) is 10.0 Å². The van der Waals surface area contributed by atoms with Gasteiger partial charge in [-0.15, -0.1) is 0 Å². The highest BCUT2D eigenvalue weighted by Crippen LogP contribution is 2.24. The van der Waals surface area contributed by atoms with E-state index in [1.165, 1.54) is 0 Å². The highest BCUT2D eigenvalue weighted by Gasteiger charge is 2.30. The molecular weight excluding hydrogens is 249 g/mol. The number of aliphatic hydroxyl groups is 3. The van der Waals surface area contributed by atoms with Gasteiger partial charge in [0.15, 0.2) is 6.10 Å². The largest absolute Gasteiger partial charge is 0.790 e. The molecule has 0 aromatic heterocycles. The number of aliphatic hydroxyl groups excluding tert-OH is 3. The molecule has 11 heteroatoms. The summed E-state index contributed by atoms with van der Waals surface area (Å²) in [6.07, 6.45) is -6.33. The first-order valence-electron chi connectivity index (χ1n) is 3.83. The van der Waals surface area contributed by atoms with E-state index in [0.29, 0.717) is 0 Å². The van der Waals surface area contributed by atoms with Crippen molar-refractivity contribution in [3.63, 3.8) is 0 Å². The zero-order chi connectivity index (χ0) is 12.9. The lowest BCUT2D eigenvalue weighted by atomic mass is 10.1. The Labute approximate surface area is 89.3 Å². The van der Waals surface area contributed by atoms with Gasteiger partial charge in [0.25, 0.3) is 5.91 Å². The molecule has 0 rings (SSSR count). The van der Waals surface area contributed by atoms with Crippen LogP contribution in [-0.4, -0.2) is 51.4 Å². The van der Waals surface area contributed by atoms with Crippen LogP contribution in [0.15, 0.2) is 0 Å². The first-order chi connectivity index (χ1) is 7.19. The molecule has 0 fully saturated rings.